The minimum Gasteiger partial charge on any atom is -0.490 e. The van der Waals surface area contributed by atoms with Crippen LogP contribution in [0.5, 0.6) is 5.75 Å². The van der Waals surface area contributed by atoms with Crippen LogP contribution < -0.4 is 14.4 Å². The number of amides is 1. The van der Waals surface area contributed by atoms with Gasteiger partial charge in [-0.05, 0) is 139 Å². The number of allylic oxidation sites excluding steroid dienone is 1. The minimum atomic E-state index is -1.50. The van der Waals surface area contributed by atoms with Crippen LogP contribution in [0.4, 0.5) is 5.69 Å². The van der Waals surface area contributed by atoms with Crippen molar-refractivity contribution >= 4 is 40.5 Å². The first-order chi connectivity index (χ1) is 25.4. The molecular formula is C42H60ClN3O6S. The highest BCUT2D eigenvalue weighted by Crippen LogP contribution is 2.47. The van der Waals surface area contributed by atoms with Crippen LogP contribution in [0.3, 0.4) is 0 Å². The van der Waals surface area contributed by atoms with E-state index in [1.54, 1.807) is 20.3 Å². The zero-order valence-corrected chi connectivity index (χ0v) is 34.3. The number of rotatable bonds is 4. The molecule has 292 valence electrons. The quantitative estimate of drug-likeness (QED) is 0.259. The number of methoxy groups -OCH3 is 2. The molecule has 2 aromatic rings. The lowest BCUT2D eigenvalue weighted by molar-refractivity contribution is -0.106. The Morgan fingerprint density at radius 1 is 1.11 bits per heavy atom. The molecule has 1 N–H and O–H groups in total. The molecule has 1 spiro atoms. The molecule has 2 aliphatic heterocycles. The lowest BCUT2D eigenvalue weighted by atomic mass is 9.68. The van der Waals surface area contributed by atoms with Gasteiger partial charge < -0.3 is 28.8 Å². The summed E-state index contributed by atoms with van der Waals surface area (Å²) in [6.45, 7) is 8.60. The topological polar surface area (TPSA) is 97.4 Å². The number of ether oxygens (including phenoxy) is 3. The highest BCUT2D eigenvalue weighted by Gasteiger charge is 2.45. The fraction of sp³-hybridized carbons (Fsp3) is 0.619. The van der Waals surface area contributed by atoms with E-state index in [1.807, 2.05) is 25.1 Å². The number of aldehydes is 1. The third-order valence-corrected chi connectivity index (χ3v) is 14.0. The molecule has 9 nitrogen and oxygen atoms in total. The molecule has 2 heterocycles. The number of fused-ring (bicyclic) bond motifs is 4. The van der Waals surface area contributed by atoms with Crippen molar-refractivity contribution in [3.63, 3.8) is 0 Å². The number of hydrogen-bond donors (Lipinski definition) is 1. The molecule has 0 radical (unpaired) electrons. The van der Waals surface area contributed by atoms with Gasteiger partial charge in [-0.3, -0.25) is 9.52 Å². The zero-order valence-electron chi connectivity index (χ0n) is 32.7. The molecule has 0 aromatic heterocycles. The van der Waals surface area contributed by atoms with Crippen molar-refractivity contribution in [1.29, 1.82) is 0 Å². The number of carbonyl (C=O) groups excluding carboxylic acids is 2. The Morgan fingerprint density at radius 3 is 2.49 bits per heavy atom. The number of benzene rings is 2. The maximum atomic E-state index is 13.3. The number of anilines is 1. The SMILES string of the molecule is CC=O.COC1/C=C/CC(C)C(C)S(=O)NC(=O)c2ccc3c(c2)N(CC2CCC21)C[C@@]1(CCCc2cc(Cl)ccc21)CO3.COCC1(N(C)C)CC1. The Bertz CT molecular complexity index is 1630. The number of carbonyl (C=O) groups is 2. The maximum absolute atomic E-state index is 13.3. The monoisotopic (exact) mass is 769 g/mol. The molecule has 3 aliphatic carbocycles. The third kappa shape index (κ3) is 9.55. The van der Waals surface area contributed by atoms with E-state index in [1.165, 1.54) is 30.9 Å². The van der Waals surface area contributed by atoms with Crippen LogP contribution in [0.1, 0.15) is 87.2 Å². The summed E-state index contributed by atoms with van der Waals surface area (Å²) in [5.74, 6) is 1.53. The van der Waals surface area contributed by atoms with E-state index in [4.69, 9.17) is 30.6 Å². The fourth-order valence-electron chi connectivity index (χ4n) is 8.40. The maximum Gasteiger partial charge on any atom is 0.263 e. The smallest absolute Gasteiger partial charge is 0.263 e. The van der Waals surface area contributed by atoms with Crippen LogP contribution >= 0.6 is 11.6 Å². The van der Waals surface area contributed by atoms with Gasteiger partial charge in [0.05, 0.1) is 30.3 Å². The summed E-state index contributed by atoms with van der Waals surface area (Å²) < 4.78 is 33.6. The van der Waals surface area contributed by atoms with Crippen LogP contribution in [0, 0.1) is 17.8 Å². The van der Waals surface area contributed by atoms with Crippen molar-refractivity contribution in [3.8, 4) is 5.75 Å². The Morgan fingerprint density at radius 2 is 1.87 bits per heavy atom. The average Bonchev–Trinajstić information content (AvgIpc) is 3.94. The summed E-state index contributed by atoms with van der Waals surface area (Å²) in [4.78, 5) is 26.9. The minimum absolute atomic E-state index is 0.0508. The predicted octanol–water partition coefficient (Wildman–Crippen LogP) is 7.16. The standard InChI is InChI=1S/C33H41ClN2O4S.C7H15NO.C2H4O/c1-21-6-4-8-30(39-3)27-12-9-25(27)18-36-19-33(15-5-7-23-16-26(34)11-13-28(23)33)20-40-31-14-10-24(17-29(31)36)32(37)35-41(38)22(21)2;1-8(2)7(4-5-7)6-9-3;1-2-3/h4,8,10-11,13-14,16-17,21-22,25,27,30H,5-7,9,12,15,18-20H2,1-3H3,(H,35,37);4-6H2,1-3H3;2H,1H3/b8-4+;;/t21?,22?,25?,27?,30?,33-,41?;;/m0../s1. The predicted molar refractivity (Wildman–Crippen MR) is 214 cm³/mol. The van der Waals surface area contributed by atoms with Crippen molar-refractivity contribution in [2.75, 3.05) is 59.5 Å². The van der Waals surface area contributed by atoms with E-state index < -0.39 is 11.0 Å². The first kappa shape index (κ1) is 41.4. The Balaban J connectivity index is 0.000000387. The van der Waals surface area contributed by atoms with E-state index in [0.29, 0.717) is 29.5 Å². The molecule has 11 heteroatoms. The molecule has 2 aromatic carbocycles. The second-order valence-electron chi connectivity index (χ2n) is 15.9. The third-order valence-electron chi connectivity index (χ3n) is 12.3. The highest BCUT2D eigenvalue weighted by molar-refractivity contribution is 7.84. The summed E-state index contributed by atoms with van der Waals surface area (Å²) in [5, 5.41) is 0.589. The lowest BCUT2D eigenvalue weighted by Gasteiger charge is -2.46. The molecule has 5 aliphatic rings. The van der Waals surface area contributed by atoms with Gasteiger partial charge in [0.15, 0.2) is 0 Å². The van der Waals surface area contributed by atoms with Gasteiger partial charge in [0, 0.05) is 48.8 Å². The van der Waals surface area contributed by atoms with Gasteiger partial charge in [-0.1, -0.05) is 36.7 Å². The Kier molecular flexibility index (Phi) is 14.3. The zero-order chi connectivity index (χ0) is 38.3. The Hall–Kier alpha value is -2.76. The summed E-state index contributed by atoms with van der Waals surface area (Å²) in [6, 6.07) is 12.0. The number of nitrogens with zero attached hydrogens (tertiary/aromatic N) is 2. The van der Waals surface area contributed by atoms with Crippen molar-refractivity contribution in [2.45, 2.75) is 94.4 Å². The van der Waals surface area contributed by atoms with Gasteiger partial charge in [0.25, 0.3) is 5.91 Å². The van der Waals surface area contributed by atoms with Crippen LogP contribution in [0.25, 0.3) is 0 Å². The number of likely N-dealkylation sites (N-methyl/N-ethyl adjacent to an activating group) is 1. The summed E-state index contributed by atoms with van der Waals surface area (Å²) in [5.41, 5.74) is 4.31. The average molecular weight is 770 g/mol. The van der Waals surface area contributed by atoms with Crippen LogP contribution in [-0.4, -0.2) is 92.8 Å². The molecule has 2 saturated carbocycles. The van der Waals surface area contributed by atoms with Gasteiger partial charge in [-0.25, -0.2) is 4.21 Å². The van der Waals surface area contributed by atoms with Crippen molar-refractivity contribution in [2.24, 2.45) is 17.8 Å². The summed E-state index contributed by atoms with van der Waals surface area (Å²) in [7, 11) is 6.31. The first-order valence-electron chi connectivity index (χ1n) is 19.2. The number of hydrogen-bond acceptors (Lipinski definition) is 8. The second-order valence-corrected chi connectivity index (χ2v) is 17.8. The second kappa shape index (κ2) is 18.2. The van der Waals surface area contributed by atoms with Crippen molar-refractivity contribution in [1.82, 2.24) is 9.62 Å². The lowest BCUT2D eigenvalue weighted by Crippen LogP contribution is -2.49. The number of nitrogens with one attached hydrogen (secondary N) is 1. The molecule has 0 saturated heterocycles. The van der Waals surface area contributed by atoms with E-state index in [0.717, 1.165) is 81.0 Å². The van der Waals surface area contributed by atoms with Gasteiger partial charge >= 0.3 is 0 Å². The van der Waals surface area contributed by atoms with E-state index in [-0.39, 0.29) is 28.6 Å². The first-order valence-corrected chi connectivity index (χ1v) is 20.8. The van der Waals surface area contributed by atoms with E-state index in [9.17, 15) is 9.00 Å². The van der Waals surface area contributed by atoms with Crippen LogP contribution in [0.2, 0.25) is 5.02 Å². The largest absolute Gasteiger partial charge is 0.490 e. The van der Waals surface area contributed by atoms with E-state index >= 15 is 0 Å². The molecular weight excluding hydrogens is 710 g/mol. The van der Waals surface area contributed by atoms with E-state index in [2.05, 4.69) is 59.8 Å². The molecule has 1 amide bonds. The molecule has 2 bridgehead atoms. The summed E-state index contributed by atoms with van der Waals surface area (Å²) >= 11 is 6.41. The van der Waals surface area contributed by atoms with Crippen LogP contribution in [0.15, 0.2) is 48.6 Å². The molecule has 2 fully saturated rings. The van der Waals surface area contributed by atoms with Crippen LogP contribution in [-0.2, 0) is 37.1 Å². The van der Waals surface area contributed by atoms with Crippen molar-refractivity contribution in [3.05, 3.63) is 70.3 Å². The molecule has 7 rings (SSSR count). The number of halogens is 1. The number of aryl methyl sites for hydroxylation is 1. The molecule has 53 heavy (non-hydrogen) atoms. The molecule has 6 unspecified atom stereocenters. The summed E-state index contributed by atoms with van der Waals surface area (Å²) in [6.07, 6.45) is 14.0. The molecule has 7 atom stereocenters. The van der Waals surface area contributed by atoms with Crippen molar-refractivity contribution < 1.29 is 28.0 Å². The fourth-order valence-corrected chi connectivity index (χ4v) is 9.61. The van der Waals surface area contributed by atoms with Gasteiger partial charge in [0.2, 0.25) is 0 Å². The normalized spacial score (nSPS) is 30.7. The van der Waals surface area contributed by atoms with Gasteiger partial charge in [-0.15, -0.1) is 0 Å². The highest BCUT2D eigenvalue weighted by atomic mass is 35.5. The van der Waals surface area contributed by atoms with Gasteiger partial charge in [-0.2, -0.15) is 0 Å². The Labute approximate surface area is 324 Å². The van der Waals surface area contributed by atoms with Gasteiger partial charge in [0.1, 0.15) is 23.0 Å².